The van der Waals surface area contributed by atoms with E-state index >= 15 is 0 Å². The first-order valence-electron chi connectivity index (χ1n) is 7.63. The second-order valence-electron chi connectivity index (χ2n) is 6.18. The summed E-state index contributed by atoms with van der Waals surface area (Å²) in [5, 5.41) is 8.74. The van der Waals surface area contributed by atoms with Gasteiger partial charge in [0, 0.05) is 24.8 Å². The summed E-state index contributed by atoms with van der Waals surface area (Å²) in [6.45, 7) is 3.17. The molecule has 2 fully saturated rings. The Bertz CT molecular complexity index is 581. The molecule has 116 valence electrons. The maximum atomic E-state index is 11.3. The Morgan fingerprint density at radius 1 is 1.19 bits per heavy atom. The molecule has 1 unspecified atom stereocenters. The Morgan fingerprint density at radius 3 is 2.52 bits per heavy atom. The number of nitrogens with zero attached hydrogens (tertiary/aromatic N) is 1. The van der Waals surface area contributed by atoms with Crippen molar-refractivity contribution in [2.24, 2.45) is 11.1 Å². The molecule has 0 radical (unpaired) electrons. The number of sulfonamides is 1. The number of piperidine rings is 1. The minimum Gasteiger partial charge on any atom is -0.371 e. The fourth-order valence-electron chi connectivity index (χ4n) is 2.93. The fourth-order valence-corrected chi connectivity index (χ4v) is 3.45. The number of primary sulfonamides is 1. The Balaban J connectivity index is 1.62. The number of anilines is 1. The van der Waals surface area contributed by atoms with Gasteiger partial charge in [-0.2, -0.15) is 0 Å². The first kappa shape index (κ1) is 14.8. The summed E-state index contributed by atoms with van der Waals surface area (Å²) in [6.07, 6.45) is 5.11. The number of hydrogen-bond acceptors (Lipinski definition) is 4. The van der Waals surface area contributed by atoms with E-state index in [2.05, 4.69) is 10.2 Å². The highest BCUT2D eigenvalue weighted by molar-refractivity contribution is 7.89. The van der Waals surface area contributed by atoms with Crippen molar-refractivity contribution >= 4 is 15.7 Å². The standard InChI is InChI=1S/C15H23N3O2S/c16-21(19,20)15-7-5-14(6-8-15)18-9-1-2-12(11-18)10-17-13-3-4-13/h5-8,12-13,17H,1-4,9-11H2,(H2,16,19,20). The van der Waals surface area contributed by atoms with E-state index in [9.17, 15) is 8.42 Å². The van der Waals surface area contributed by atoms with Crippen LogP contribution in [0.5, 0.6) is 0 Å². The SMILES string of the molecule is NS(=O)(=O)c1ccc(N2CCCC(CNC3CC3)C2)cc1. The molecule has 1 saturated carbocycles. The quantitative estimate of drug-likeness (QED) is 0.860. The van der Waals surface area contributed by atoms with Crippen LogP contribution in [0.2, 0.25) is 0 Å². The summed E-state index contributed by atoms with van der Waals surface area (Å²) >= 11 is 0. The van der Waals surface area contributed by atoms with Gasteiger partial charge in [-0.3, -0.25) is 0 Å². The molecule has 0 amide bonds. The Morgan fingerprint density at radius 2 is 1.90 bits per heavy atom. The smallest absolute Gasteiger partial charge is 0.238 e. The summed E-state index contributed by atoms with van der Waals surface area (Å²) in [5.41, 5.74) is 1.08. The maximum absolute atomic E-state index is 11.3. The van der Waals surface area contributed by atoms with Gasteiger partial charge in [-0.15, -0.1) is 0 Å². The van der Waals surface area contributed by atoms with Crippen LogP contribution in [0.15, 0.2) is 29.2 Å². The molecule has 1 aromatic carbocycles. The van der Waals surface area contributed by atoms with E-state index in [4.69, 9.17) is 5.14 Å². The molecule has 3 rings (SSSR count). The third-order valence-corrected chi connectivity index (χ3v) is 5.25. The first-order chi connectivity index (χ1) is 10.0. The van der Waals surface area contributed by atoms with Crippen LogP contribution in [0, 0.1) is 5.92 Å². The van der Waals surface area contributed by atoms with Crippen molar-refractivity contribution < 1.29 is 8.42 Å². The lowest BCUT2D eigenvalue weighted by Crippen LogP contribution is -2.40. The normalized spacial score (nSPS) is 23.3. The zero-order valence-corrected chi connectivity index (χ0v) is 13.0. The molecule has 3 N–H and O–H groups in total. The lowest BCUT2D eigenvalue weighted by Gasteiger charge is -2.34. The second kappa shape index (κ2) is 5.94. The van der Waals surface area contributed by atoms with Crippen molar-refractivity contribution in [1.29, 1.82) is 0 Å². The van der Waals surface area contributed by atoms with Crippen LogP contribution < -0.4 is 15.4 Å². The maximum Gasteiger partial charge on any atom is 0.238 e. The Labute approximate surface area is 126 Å². The van der Waals surface area contributed by atoms with Crippen LogP contribution in [-0.2, 0) is 10.0 Å². The molecule has 6 heteroatoms. The predicted octanol–water partition coefficient (Wildman–Crippen LogP) is 1.30. The van der Waals surface area contributed by atoms with E-state index < -0.39 is 10.0 Å². The van der Waals surface area contributed by atoms with Gasteiger partial charge in [-0.1, -0.05) is 0 Å². The lowest BCUT2D eigenvalue weighted by molar-refractivity contribution is 0.391. The van der Waals surface area contributed by atoms with Gasteiger partial charge in [0.25, 0.3) is 0 Å². The van der Waals surface area contributed by atoms with Gasteiger partial charge in [0.05, 0.1) is 4.90 Å². The number of hydrogen-bond donors (Lipinski definition) is 2. The first-order valence-corrected chi connectivity index (χ1v) is 9.18. The predicted molar refractivity (Wildman–Crippen MR) is 83.8 cm³/mol. The zero-order valence-electron chi connectivity index (χ0n) is 12.2. The molecule has 0 bridgehead atoms. The average Bonchev–Trinajstić information content (AvgIpc) is 3.29. The van der Waals surface area contributed by atoms with Crippen LogP contribution in [0.4, 0.5) is 5.69 Å². The summed E-state index contributed by atoms with van der Waals surface area (Å²) < 4.78 is 22.6. The fraction of sp³-hybridized carbons (Fsp3) is 0.600. The molecule has 1 saturated heterocycles. The number of rotatable bonds is 5. The molecule has 0 aromatic heterocycles. The molecule has 1 aliphatic heterocycles. The molecule has 0 spiro atoms. The van der Waals surface area contributed by atoms with Crippen LogP contribution >= 0.6 is 0 Å². The lowest BCUT2D eigenvalue weighted by atomic mass is 9.97. The van der Waals surface area contributed by atoms with E-state index in [1.165, 1.54) is 25.7 Å². The largest absolute Gasteiger partial charge is 0.371 e. The van der Waals surface area contributed by atoms with E-state index in [1.807, 2.05) is 12.1 Å². The molecule has 5 nitrogen and oxygen atoms in total. The number of nitrogens with one attached hydrogen (secondary N) is 1. The number of nitrogens with two attached hydrogens (primary N) is 1. The average molecular weight is 309 g/mol. The number of benzene rings is 1. The van der Waals surface area contributed by atoms with Crippen molar-refractivity contribution in [3.8, 4) is 0 Å². The van der Waals surface area contributed by atoms with Crippen LogP contribution in [0.3, 0.4) is 0 Å². The summed E-state index contributed by atoms with van der Waals surface area (Å²) in [4.78, 5) is 2.52. The van der Waals surface area contributed by atoms with Gasteiger partial charge in [-0.25, -0.2) is 13.6 Å². The van der Waals surface area contributed by atoms with Gasteiger partial charge >= 0.3 is 0 Å². The molecular weight excluding hydrogens is 286 g/mol. The summed E-state index contributed by atoms with van der Waals surface area (Å²) in [5.74, 6) is 0.678. The molecule has 1 aromatic rings. The molecular formula is C15H23N3O2S. The highest BCUT2D eigenvalue weighted by Crippen LogP contribution is 2.25. The van der Waals surface area contributed by atoms with E-state index in [0.29, 0.717) is 5.92 Å². The van der Waals surface area contributed by atoms with Gasteiger partial charge < -0.3 is 10.2 Å². The highest BCUT2D eigenvalue weighted by atomic mass is 32.2. The third-order valence-electron chi connectivity index (χ3n) is 4.32. The Kier molecular flexibility index (Phi) is 4.19. The van der Waals surface area contributed by atoms with Gasteiger partial charge in [0.1, 0.15) is 0 Å². The summed E-state index contributed by atoms with van der Waals surface area (Å²) in [7, 11) is -3.60. The third kappa shape index (κ3) is 3.96. The van der Waals surface area contributed by atoms with E-state index in [-0.39, 0.29) is 4.90 Å². The second-order valence-corrected chi connectivity index (χ2v) is 7.74. The molecule has 1 atom stereocenters. The van der Waals surface area contributed by atoms with Crippen molar-refractivity contribution in [2.45, 2.75) is 36.6 Å². The zero-order chi connectivity index (χ0) is 14.9. The van der Waals surface area contributed by atoms with E-state index in [1.54, 1.807) is 12.1 Å². The van der Waals surface area contributed by atoms with Crippen molar-refractivity contribution in [2.75, 3.05) is 24.5 Å². The van der Waals surface area contributed by atoms with Crippen molar-refractivity contribution in [3.05, 3.63) is 24.3 Å². The topological polar surface area (TPSA) is 75.4 Å². The van der Waals surface area contributed by atoms with Crippen molar-refractivity contribution in [3.63, 3.8) is 0 Å². The molecule has 1 heterocycles. The minimum atomic E-state index is -3.60. The Hall–Kier alpha value is -1.11. The van der Waals surface area contributed by atoms with Gasteiger partial charge in [0.15, 0.2) is 0 Å². The van der Waals surface area contributed by atoms with Gasteiger partial charge in [-0.05, 0) is 62.4 Å². The molecule has 21 heavy (non-hydrogen) atoms. The van der Waals surface area contributed by atoms with Crippen LogP contribution in [-0.4, -0.2) is 34.1 Å². The van der Waals surface area contributed by atoms with Gasteiger partial charge in [0.2, 0.25) is 10.0 Å². The van der Waals surface area contributed by atoms with Crippen molar-refractivity contribution in [1.82, 2.24) is 5.32 Å². The summed E-state index contributed by atoms with van der Waals surface area (Å²) in [6, 6.07) is 7.66. The van der Waals surface area contributed by atoms with Crippen LogP contribution in [0.25, 0.3) is 0 Å². The van der Waals surface area contributed by atoms with Crippen LogP contribution in [0.1, 0.15) is 25.7 Å². The molecule has 2 aliphatic rings. The molecule has 1 aliphatic carbocycles. The highest BCUT2D eigenvalue weighted by Gasteiger charge is 2.25. The minimum absolute atomic E-state index is 0.176. The van der Waals surface area contributed by atoms with E-state index in [0.717, 1.165) is 31.4 Å². The monoisotopic (exact) mass is 309 g/mol.